The van der Waals surface area contributed by atoms with E-state index in [9.17, 15) is 9.59 Å². The average molecular weight is 502 g/mol. The highest BCUT2D eigenvalue weighted by Gasteiger charge is 2.21. The van der Waals surface area contributed by atoms with E-state index in [1.54, 1.807) is 13.8 Å². The maximum absolute atomic E-state index is 12.2. The minimum absolute atomic E-state index is 0.00103. The normalized spacial score (nSPS) is 11.3. The fourth-order valence-corrected chi connectivity index (χ4v) is 3.30. The second-order valence-corrected chi connectivity index (χ2v) is 7.38. The van der Waals surface area contributed by atoms with Crippen LogP contribution < -0.4 is 10.1 Å². The quantitative estimate of drug-likeness (QED) is 0.208. The van der Waals surface area contributed by atoms with E-state index in [2.05, 4.69) is 5.32 Å². The molecule has 2 aromatic rings. The molecule has 1 N–H and O–H groups in total. The molecule has 0 aliphatic heterocycles. The van der Waals surface area contributed by atoms with Gasteiger partial charge in [0.1, 0.15) is 22.4 Å². The SMILES string of the molecule is CCOC(=O)/C=C(\C)NC(=O)c1ccc(COc2c(Cl)c(Cl)c(Cl)c(Cl)c2Cl)o1. The van der Waals surface area contributed by atoms with Crippen molar-refractivity contribution in [3.8, 4) is 5.75 Å². The molecule has 0 aliphatic rings. The molecule has 1 aromatic heterocycles. The van der Waals surface area contributed by atoms with Crippen molar-refractivity contribution < 1.29 is 23.5 Å². The highest BCUT2D eigenvalue weighted by molar-refractivity contribution is 6.55. The second kappa shape index (κ2) is 10.5. The Morgan fingerprint density at radius 2 is 1.62 bits per heavy atom. The van der Waals surface area contributed by atoms with Gasteiger partial charge in [-0.2, -0.15) is 0 Å². The van der Waals surface area contributed by atoms with Crippen molar-refractivity contribution in [3.05, 3.63) is 60.5 Å². The lowest BCUT2D eigenvalue weighted by Gasteiger charge is -2.12. The first-order chi connectivity index (χ1) is 13.6. The summed E-state index contributed by atoms with van der Waals surface area (Å²) < 4.78 is 15.7. The van der Waals surface area contributed by atoms with E-state index in [-0.39, 0.29) is 49.8 Å². The van der Waals surface area contributed by atoms with Crippen molar-refractivity contribution in [2.45, 2.75) is 20.5 Å². The number of halogens is 5. The highest BCUT2D eigenvalue weighted by Crippen LogP contribution is 2.48. The third-order valence-electron chi connectivity index (χ3n) is 3.35. The van der Waals surface area contributed by atoms with Crippen LogP contribution in [0.25, 0.3) is 0 Å². The molecule has 0 unspecified atom stereocenters. The van der Waals surface area contributed by atoms with E-state index in [4.69, 9.17) is 71.9 Å². The Hall–Kier alpha value is -1.57. The first kappa shape index (κ1) is 23.7. The molecule has 2 rings (SSSR count). The number of nitrogens with one attached hydrogen (secondary N) is 1. The Labute approximate surface area is 191 Å². The molecule has 0 aliphatic carbocycles. The molecule has 0 saturated carbocycles. The minimum Gasteiger partial charge on any atom is -0.482 e. The van der Waals surface area contributed by atoms with Crippen LogP contribution >= 0.6 is 58.0 Å². The van der Waals surface area contributed by atoms with Gasteiger partial charge in [0, 0.05) is 11.8 Å². The first-order valence-electron chi connectivity index (χ1n) is 8.05. The van der Waals surface area contributed by atoms with Gasteiger partial charge >= 0.3 is 5.97 Å². The summed E-state index contributed by atoms with van der Waals surface area (Å²) in [5.41, 5.74) is 0.298. The molecule has 1 heterocycles. The zero-order chi connectivity index (χ0) is 21.7. The summed E-state index contributed by atoms with van der Waals surface area (Å²) in [5, 5.41) is 2.51. The van der Waals surface area contributed by atoms with Gasteiger partial charge in [0.15, 0.2) is 11.5 Å². The van der Waals surface area contributed by atoms with Crippen molar-refractivity contribution in [3.63, 3.8) is 0 Å². The number of benzene rings is 1. The van der Waals surface area contributed by atoms with Crippen LogP contribution in [-0.4, -0.2) is 18.5 Å². The number of carbonyl (C=O) groups excluding carboxylic acids is 2. The van der Waals surface area contributed by atoms with Gasteiger partial charge in [0.25, 0.3) is 5.91 Å². The number of allylic oxidation sites excluding steroid dienone is 1. The van der Waals surface area contributed by atoms with Gasteiger partial charge in [-0.3, -0.25) is 4.79 Å². The molecule has 11 heteroatoms. The fraction of sp³-hybridized carbons (Fsp3) is 0.222. The predicted molar refractivity (Wildman–Crippen MR) is 112 cm³/mol. The summed E-state index contributed by atoms with van der Waals surface area (Å²) in [4.78, 5) is 23.6. The molecule has 0 saturated heterocycles. The molecule has 0 bridgehead atoms. The largest absolute Gasteiger partial charge is 0.482 e. The van der Waals surface area contributed by atoms with Gasteiger partial charge in [-0.25, -0.2) is 4.79 Å². The Balaban J connectivity index is 2.06. The number of furan rings is 1. The van der Waals surface area contributed by atoms with Crippen molar-refractivity contribution in [1.82, 2.24) is 5.32 Å². The van der Waals surface area contributed by atoms with Crippen molar-refractivity contribution in [2.75, 3.05) is 6.61 Å². The van der Waals surface area contributed by atoms with E-state index >= 15 is 0 Å². The Kier molecular flexibility index (Phi) is 8.55. The van der Waals surface area contributed by atoms with Crippen molar-refractivity contribution >= 4 is 69.9 Å². The van der Waals surface area contributed by atoms with Crippen LogP contribution in [0.5, 0.6) is 5.75 Å². The number of hydrogen-bond donors (Lipinski definition) is 1. The average Bonchev–Trinajstić information content (AvgIpc) is 3.14. The van der Waals surface area contributed by atoms with Crippen LogP contribution in [0.3, 0.4) is 0 Å². The van der Waals surface area contributed by atoms with Crippen molar-refractivity contribution in [1.29, 1.82) is 0 Å². The van der Waals surface area contributed by atoms with Gasteiger partial charge < -0.3 is 19.2 Å². The summed E-state index contributed by atoms with van der Waals surface area (Å²) in [6.07, 6.45) is 1.16. The van der Waals surface area contributed by atoms with Crippen LogP contribution in [0.15, 0.2) is 28.3 Å². The van der Waals surface area contributed by atoms with Crippen LogP contribution in [0.1, 0.15) is 30.2 Å². The molecule has 29 heavy (non-hydrogen) atoms. The summed E-state index contributed by atoms with van der Waals surface area (Å²) >= 11 is 30.1. The van der Waals surface area contributed by atoms with Gasteiger partial charge in [0.2, 0.25) is 0 Å². The second-order valence-electron chi connectivity index (χ2n) is 5.49. The van der Waals surface area contributed by atoms with E-state index in [1.807, 2.05) is 0 Å². The predicted octanol–water partition coefficient (Wildman–Crippen LogP) is 6.32. The molecule has 0 radical (unpaired) electrons. The van der Waals surface area contributed by atoms with Gasteiger partial charge in [0.05, 0.1) is 21.7 Å². The van der Waals surface area contributed by atoms with Crippen LogP contribution in [0, 0.1) is 0 Å². The van der Waals surface area contributed by atoms with Crippen LogP contribution in [0.4, 0.5) is 0 Å². The lowest BCUT2D eigenvalue weighted by atomic mass is 10.3. The Morgan fingerprint density at radius 3 is 2.21 bits per heavy atom. The summed E-state index contributed by atoms with van der Waals surface area (Å²) in [5.74, 6) is -0.778. The number of hydrogen-bond acceptors (Lipinski definition) is 5. The Morgan fingerprint density at radius 1 is 1.03 bits per heavy atom. The zero-order valence-electron chi connectivity index (χ0n) is 15.1. The fourth-order valence-electron chi connectivity index (χ4n) is 2.07. The molecule has 1 amide bonds. The highest BCUT2D eigenvalue weighted by atomic mass is 35.5. The number of rotatable bonds is 7. The standard InChI is InChI=1S/C18H14Cl5NO5/c1-3-27-11(25)6-8(2)24-18(26)10-5-4-9(29-10)7-28-17-15(22)13(20)12(19)14(21)16(17)23/h4-6H,3,7H2,1-2H3,(H,24,26)/b8-6+. The molecule has 1 aromatic carbocycles. The lowest BCUT2D eigenvalue weighted by Crippen LogP contribution is -2.21. The zero-order valence-corrected chi connectivity index (χ0v) is 18.9. The minimum atomic E-state index is -0.562. The number of ether oxygens (including phenoxy) is 2. The first-order valence-corrected chi connectivity index (χ1v) is 9.94. The van der Waals surface area contributed by atoms with E-state index in [0.717, 1.165) is 6.08 Å². The van der Waals surface area contributed by atoms with E-state index in [1.165, 1.54) is 12.1 Å². The maximum Gasteiger partial charge on any atom is 0.332 e. The number of amides is 1. The smallest absolute Gasteiger partial charge is 0.332 e. The monoisotopic (exact) mass is 499 g/mol. The molecule has 0 spiro atoms. The Bertz CT molecular complexity index is 941. The summed E-state index contributed by atoms with van der Waals surface area (Å²) in [6, 6.07) is 2.97. The maximum atomic E-state index is 12.2. The molecular formula is C18H14Cl5NO5. The molecule has 0 fully saturated rings. The van der Waals surface area contributed by atoms with Gasteiger partial charge in [-0.05, 0) is 26.0 Å². The molecular weight excluding hydrogens is 487 g/mol. The summed E-state index contributed by atoms with van der Waals surface area (Å²) in [7, 11) is 0. The van der Waals surface area contributed by atoms with Crippen LogP contribution in [0.2, 0.25) is 25.1 Å². The van der Waals surface area contributed by atoms with Crippen LogP contribution in [-0.2, 0) is 16.1 Å². The topological polar surface area (TPSA) is 77.8 Å². The molecule has 0 atom stereocenters. The third kappa shape index (κ3) is 5.96. The third-order valence-corrected chi connectivity index (χ3v) is 5.59. The lowest BCUT2D eigenvalue weighted by molar-refractivity contribution is -0.137. The van der Waals surface area contributed by atoms with Crippen molar-refractivity contribution in [2.24, 2.45) is 0 Å². The molecule has 6 nitrogen and oxygen atoms in total. The van der Waals surface area contributed by atoms with E-state index < -0.39 is 11.9 Å². The molecule has 156 valence electrons. The number of esters is 1. The summed E-state index contributed by atoms with van der Waals surface area (Å²) in [6.45, 7) is 3.34. The number of carbonyl (C=O) groups is 2. The van der Waals surface area contributed by atoms with Gasteiger partial charge in [-0.15, -0.1) is 0 Å². The van der Waals surface area contributed by atoms with Gasteiger partial charge in [-0.1, -0.05) is 58.0 Å². The van der Waals surface area contributed by atoms with E-state index in [0.29, 0.717) is 11.5 Å².